The molecule has 0 radical (unpaired) electrons. The van der Waals surface area contributed by atoms with E-state index >= 15 is 0 Å². The van der Waals surface area contributed by atoms with Crippen LogP contribution in [0.3, 0.4) is 0 Å². The smallest absolute Gasteiger partial charge is 0.262 e. The average molecular weight is 482 g/mol. The van der Waals surface area contributed by atoms with Gasteiger partial charge in [0.15, 0.2) is 12.2 Å². The number of rotatable bonds is 5. The van der Waals surface area contributed by atoms with Crippen molar-refractivity contribution in [3.8, 4) is 17.2 Å². The summed E-state index contributed by atoms with van der Waals surface area (Å²) in [6.45, 7) is -0.262. The summed E-state index contributed by atoms with van der Waals surface area (Å²) >= 11 is 23.9. The summed E-state index contributed by atoms with van der Waals surface area (Å²) < 4.78 is 11.2. The third-order valence-corrected chi connectivity index (χ3v) is 5.33. The number of nitrogens with zero attached hydrogens (tertiary/aromatic N) is 1. The van der Waals surface area contributed by atoms with E-state index in [1.165, 1.54) is 12.1 Å². The number of amides is 1. The Morgan fingerprint density at radius 3 is 2.57 bits per heavy atom. The highest BCUT2D eigenvalue weighted by Crippen LogP contribution is 2.34. The van der Waals surface area contributed by atoms with Gasteiger partial charge in [0, 0.05) is 22.3 Å². The maximum Gasteiger partial charge on any atom is 0.262 e. The van der Waals surface area contributed by atoms with Crippen molar-refractivity contribution in [2.75, 3.05) is 11.9 Å². The molecule has 0 fully saturated rings. The van der Waals surface area contributed by atoms with Crippen LogP contribution in [-0.2, 0) is 4.79 Å². The fraction of sp³-hybridized carbons (Fsp3) is 0.0476. The van der Waals surface area contributed by atoms with Gasteiger partial charge in [-0.3, -0.25) is 4.79 Å². The predicted molar refractivity (Wildman–Crippen MR) is 120 cm³/mol. The number of anilines is 1. The first-order valence-electron chi connectivity index (χ1n) is 8.63. The van der Waals surface area contributed by atoms with Gasteiger partial charge in [0.2, 0.25) is 5.89 Å². The zero-order chi connectivity index (χ0) is 21.3. The molecule has 1 heterocycles. The van der Waals surface area contributed by atoms with E-state index in [4.69, 9.17) is 55.6 Å². The molecule has 9 heteroatoms. The first kappa shape index (κ1) is 20.8. The van der Waals surface area contributed by atoms with Gasteiger partial charge in [-0.05, 0) is 42.5 Å². The molecule has 0 aliphatic heterocycles. The minimum Gasteiger partial charge on any atom is -0.482 e. The number of hydrogen-bond acceptors (Lipinski definition) is 4. The summed E-state index contributed by atoms with van der Waals surface area (Å²) in [6, 6.07) is 15.3. The molecule has 1 amide bonds. The number of nitrogens with one attached hydrogen (secondary N) is 1. The molecule has 4 rings (SSSR count). The number of benzene rings is 3. The molecule has 0 bridgehead atoms. The van der Waals surface area contributed by atoms with Gasteiger partial charge in [0.25, 0.3) is 5.91 Å². The maximum absolute atomic E-state index is 12.3. The molecule has 4 aromatic rings. The second-order valence-electron chi connectivity index (χ2n) is 6.25. The first-order valence-corrected chi connectivity index (χ1v) is 10.1. The molecule has 0 aliphatic rings. The lowest BCUT2D eigenvalue weighted by Gasteiger charge is -2.09. The lowest BCUT2D eigenvalue weighted by Crippen LogP contribution is -2.20. The Bertz CT molecular complexity index is 1260. The molecule has 152 valence electrons. The highest BCUT2D eigenvalue weighted by molar-refractivity contribution is 6.43. The Kier molecular flexibility index (Phi) is 6.06. The Balaban J connectivity index is 1.46. The number of aromatic nitrogens is 1. The van der Waals surface area contributed by atoms with Gasteiger partial charge < -0.3 is 14.5 Å². The number of ether oxygens (including phenoxy) is 1. The van der Waals surface area contributed by atoms with Gasteiger partial charge in [-0.15, -0.1) is 0 Å². The molecule has 1 N–H and O–H groups in total. The van der Waals surface area contributed by atoms with E-state index in [2.05, 4.69) is 10.3 Å². The van der Waals surface area contributed by atoms with Crippen molar-refractivity contribution in [1.82, 2.24) is 4.98 Å². The Morgan fingerprint density at radius 1 is 0.967 bits per heavy atom. The minimum absolute atomic E-state index is 0.259. The topological polar surface area (TPSA) is 64.4 Å². The molecule has 0 unspecified atom stereocenters. The summed E-state index contributed by atoms with van der Waals surface area (Å²) in [4.78, 5) is 16.7. The molecular weight excluding hydrogens is 470 g/mol. The maximum atomic E-state index is 12.3. The fourth-order valence-corrected chi connectivity index (χ4v) is 3.49. The zero-order valence-corrected chi connectivity index (χ0v) is 18.1. The van der Waals surface area contributed by atoms with E-state index in [0.29, 0.717) is 32.7 Å². The van der Waals surface area contributed by atoms with Crippen LogP contribution < -0.4 is 10.1 Å². The van der Waals surface area contributed by atoms with Gasteiger partial charge in [-0.2, -0.15) is 0 Å². The molecule has 3 aromatic carbocycles. The summed E-state index contributed by atoms with van der Waals surface area (Å²) in [7, 11) is 0. The van der Waals surface area contributed by atoms with Crippen LogP contribution in [0.2, 0.25) is 20.1 Å². The second-order valence-corrected chi connectivity index (χ2v) is 7.90. The molecule has 0 atom stereocenters. The van der Waals surface area contributed by atoms with E-state index in [-0.39, 0.29) is 28.3 Å². The van der Waals surface area contributed by atoms with Crippen molar-refractivity contribution in [3.63, 3.8) is 0 Å². The molecule has 0 saturated heterocycles. The van der Waals surface area contributed by atoms with Crippen molar-refractivity contribution >= 4 is 69.1 Å². The number of carbonyl (C=O) groups is 1. The number of halogens is 4. The van der Waals surface area contributed by atoms with Gasteiger partial charge in [-0.25, -0.2) is 4.98 Å². The van der Waals surface area contributed by atoms with Crippen LogP contribution >= 0.6 is 46.4 Å². The third kappa shape index (κ3) is 4.65. The third-order valence-electron chi connectivity index (χ3n) is 4.08. The SMILES string of the molecule is O=C(COc1cc(Cl)c(Cl)cc1Cl)Nc1ccc2oc(-c3cccc(Cl)c3)nc2c1. The monoisotopic (exact) mass is 480 g/mol. The Hall–Kier alpha value is -2.44. The number of fused-ring (bicyclic) bond motifs is 1. The first-order chi connectivity index (χ1) is 14.4. The highest BCUT2D eigenvalue weighted by atomic mass is 35.5. The minimum atomic E-state index is -0.380. The predicted octanol–water partition coefficient (Wildman–Crippen LogP) is 7.13. The van der Waals surface area contributed by atoms with Gasteiger partial charge in [0.05, 0.1) is 15.1 Å². The molecule has 0 saturated carbocycles. The van der Waals surface area contributed by atoms with Crippen LogP contribution in [0.1, 0.15) is 0 Å². The lowest BCUT2D eigenvalue weighted by molar-refractivity contribution is -0.118. The lowest BCUT2D eigenvalue weighted by atomic mass is 10.2. The summed E-state index contributed by atoms with van der Waals surface area (Å²) in [5, 5.41) is 4.17. The van der Waals surface area contributed by atoms with Crippen LogP contribution in [0.5, 0.6) is 5.75 Å². The van der Waals surface area contributed by atoms with E-state index in [1.54, 1.807) is 30.3 Å². The number of carbonyl (C=O) groups excluding carboxylic acids is 1. The quantitative estimate of drug-likeness (QED) is 0.308. The van der Waals surface area contributed by atoms with E-state index in [0.717, 1.165) is 5.56 Å². The van der Waals surface area contributed by atoms with Crippen molar-refractivity contribution in [1.29, 1.82) is 0 Å². The summed E-state index contributed by atoms with van der Waals surface area (Å²) in [5.74, 6) is 0.322. The molecule has 0 spiro atoms. The summed E-state index contributed by atoms with van der Waals surface area (Å²) in [6.07, 6.45) is 0. The normalized spacial score (nSPS) is 10.9. The fourth-order valence-electron chi connectivity index (χ4n) is 2.71. The average Bonchev–Trinajstić information content (AvgIpc) is 3.13. The van der Waals surface area contributed by atoms with Crippen molar-refractivity contribution in [2.24, 2.45) is 0 Å². The van der Waals surface area contributed by atoms with E-state index < -0.39 is 0 Å². The number of hydrogen-bond donors (Lipinski definition) is 1. The van der Waals surface area contributed by atoms with E-state index in [1.807, 2.05) is 12.1 Å². The molecule has 30 heavy (non-hydrogen) atoms. The second kappa shape index (κ2) is 8.74. The number of oxazole rings is 1. The largest absolute Gasteiger partial charge is 0.482 e. The van der Waals surface area contributed by atoms with Crippen LogP contribution in [0.25, 0.3) is 22.6 Å². The van der Waals surface area contributed by atoms with Crippen molar-refractivity contribution < 1.29 is 13.9 Å². The Labute approximate surface area is 191 Å². The van der Waals surface area contributed by atoms with E-state index in [9.17, 15) is 4.79 Å². The van der Waals surface area contributed by atoms with Crippen LogP contribution in [0.4, 0.5) is 5.69 Å². The van der Waals surface area contributed by atoms with Crippen molar-refractivity contribution in [2.45, 2.75) is 0 Å². The molecule has 0 aliphatic carbocycles. The van der Waals surface area contributed by atoms with Crippen molar-refractivity contribution in [3.05, 3.63) is 74.7 Å². The molecular formula is C21H12Cl4N2O3. The van der Waals surface area contributed by atoms with Crippen LogP contribution in [-0.4, -0.2) is 17.5 Å². The Morgan fingerprint density at radius 2 is 1.77 bits per heavy atom. The van der Waals surface area contributed by atoms with Crippen LogP contribution in [0, 0.1) is 0 Å². The molecule has 5 nitrogen and oxygen atoms in total. The zero-order valence-electron chi connectivity index (χ0n) is 15.1. The molecule has 1 aromatic heterocycles. The highest BCUT2D eigenvalue weighted by Gasteiger charge is 2.12. The summed E-state index contributed by atoms with van der Waals surface area (Å²) in [5.41, 5.74) is 2.48. The standard InChI is InChI=1S/C21H12Cl4N2O3/c22-12-3-1-2-11(6-12)21-27-17-7-13(4-5-18(17)30-21)26-20(28)10-29-19-9-15(24)14(23)8-16(19)25/h1-9H,10H2,(H,26,28). The van der Waals surface area contributed by atoms with Crippen LogP contribution in [0.15, 0.2) is 59.0 Å². The van der Waals surface area contributed by atoms with Gasteiger partial charge in [0.1, 0.15) is 11.3 Å². The van der Waals surface area contributed by atoms with Gasteiger partial charge in [-0.1, -0.05) is 52.5 Å². The van der Waals surface area contributed by atoms with Gasteiger partial charge >= 0.3 is 0 Å².